The Bertz CT molecular complexity index is 575. The first-order valence-corrected chi connectivity index (χ1v) is 6.91. The van der Waals surface area contributed by atoms with Crippen molar-refractivity contribution in [1.82, 2.24) is 19.7 Å². The van der Waals surface area contributed by atoms with Crippen molar-refractivity contribution in [2.75, 3.05) is 24.2 Å². The van der Waals surface area contributed by atoms with Gasteiger partial charge in [0, 0.05) is 50.9 Å². The van der Waals surface area contributed by atoms with E-state index in [9.17, 15) is 0 Å². The van der Waals surface area contributed by atoms with E-state index in [1.54, 1.807) is 0 Å². The molecule has 2 aromatic heterocycles. The van der Waals surface area contributed by atoms with Crippen molar-refractivity contribution >= 4 is 11.6 Å². The lowest BCUT2D eigenvalue weighted by molar-refractivity contribution is 0.710. The van der Waals surface area contributed by atoms with E-state index in [1.807, 2.05) is 38.0 Å². The highest BCUT2D eigenvalue weighted by atomic mass is 15.3. The summed E-state index contributed by atoms with van der Waals surface area (Å²) in [5.74, 6) is 2.64. The molecule has 2 heterocycles. The molecule has 0 fully saturated rings. The third kappa shape index (κ3) is 3.07. The van der Waals surface area contributed by atoms with Crippen molar-refractivity contribution in [2.45, 2.75) is 26.7 Å². The second-order valence-corrected chi connectivity index (χ2v) is 4.69. The molecule has 0 unspecified atom stereocenters. The summed E-state index contributed by atoms with van der Waals surface area (Å²) in [6, 6.07) is 2.03. The molecule has 0 amide bonds. The lowest BCUT2D eigenvalue weighted by Crippen LogP contribution is -2.13. The van der Waals surface area contributed by atoms with Gasteiger partial charge in [0.25, 0.3) is 0 Å². The third-order valence-electron chi connectivity index (χ3n) is 3.34. The van der Waals surface area contributed by atoms with Gasteiger partial charge in [0.05, 0.1) is 0 Å². The van der Waals surface area contributed by atoms with Crippen molar-refractivity contribution in [3.63, 3.8) is 0 Å². The van der Waals surface area contributed by atoms with E-state index in [0.717, 1.165) is 42.4 Å². The molecule has 0 aromatic carbocycles. The lowest BCUT2D eigenvalue weighted by atomic mass is 10.2. The SMILES string of the molecule is CCc1nc(NC)c(C)c(NCCc2ccnn2C)n1. The number of rotatable bonds is 6. The number of aromatic nitrogens is 4. The summed E-state index contributed by atoms with van der Waals surface area (Å²) in [6.45, 7) is 4.91. The predicted molar refractivity (Wildman–Crippen MR) is 81.1 cm³/mol. The number of nitrogens with one attached hydrogen (secondary N) is 2. The average Bonchev–Trinajstić information content (AvgIpc) is 2.86. The number of nitrogens with zero attached hydrogens (tertiary/aromatic N) is 4. The van der Waals surface area contributed by atoms with Crippen LogP contribution in [0.2, 0.25) is 0 Å². The van der Waals surface area contributed by atoms with Gasteiger partial charge in [-0.1, -0.05) is 6.92 Å². The van der Waals surface area contributed by atoms with Crippen molar-refractivity contribution in [3.8, 4) is 0 Å². The van der Waals surface area contributed by atoms with Crippen molar-refractivity contribution in [3.05, 3.63) is 29.3 Å². The molecule has 108 valence electrons. The van der Waals surface area contributed by atoms with Crippen LogP contribution in [0.25, 0.3) is 0 Å². The Morgan fingerprint density at radius 1 is 1.25 bits per heavy atom. The molecule has 0 aliphatic carbocycles. The first kappa shape index (κ1) is 14.3. The maximum Gasteiger partial charge on any atom is 0.134 e. The Balaban J connectivity index is 2.07. The second-order valence-electron chi connectivity index (χ2n) is 4.69. The maximum absolute atomic E-state index is 4.56. The highest BCUT2D eigenvalue weighted by Gasteiger charge is 2.09. The minimum Gasteiger partial charge on any atom is -0.373 e. The van der Waals surface area contributed by atoms with Crippen LogP contribution in [0.5, 0.6) is 0 Å². The summed E-state index contributed by atoms with van der Waals surface area (Å²) in [5.41, 5.74) is 2.25. The minimum absolute atomic E-state index is 0.823. The Labute approximate surface area is 119 Å². The van der Waals surface area contributed by atoms with E-state index in [1.165, 1.54) is 5.69 Å². The fraction of sp³-hybridized carbons (Fsp3) is 0.500. The highest BCUT2D eigenvalue weighted by molar-refractivity contribution is 5.57. The van der Waals surface area contributed by atoms with Gasteiger partial charge in [-0.3, -0.25) is 4.68 Å². The Hall–Kier alpha value is -2.11. The van der Waals surface area contributed by atoms with Gasteiger partial charge >= 0.3 is 0 Å². The van der Waals surface area contributed by atoms with E-state index in [0.29, 0.717) is 0 Å². The molecule has 2 rings (SSSR count). The normalized spacial score (nSPS) is 10.6. The smallest absolute Gasteiger partial charge is 0.134 e. The number of hydrogen-bond donors (Lipinski definition) is 2. The molecule has 0 saturated carbocycles. The van der Waals surface area contributed by atoms with Crippen molar-refractivity contribution in [1.29, 1.82) is 0 Å². The molecule has 0 radical (unpaired) electrons. The van der Waals surface area contributed by atoms with E-state index < -0.39 is 0 Å². The van der Waals surface area contributed by atoms with Crippen LogP contribution in [-0.4, -0.2) is 33.3 Å². The first-order chi connectivity index (χ1) is 9.65. The molecule has 0 spiro atoms. The second kappa shape index (κ2) is 6.36. The zero-order chi connectivity index (χ0) is 14.5. The Kier molecular flexibility index (Phi) is 4.55. The molecular weight excluding hydrogens is 252 g/mol. The van der Waals surface area contributed by atoms with Crippen molar-refractivity contribution in [2.24, 2.45) is 7.05 Å². The number of hydrogen-bond acceptors (Lipinski definition) is 5. The summed E-state index contributed by atoms with van der Waals surface area (Å²) in [6.07, 6.45) is 3.56. The van der Waals surface area contributed by atoms with E-state index in [2.05, 4.69) is 32.6 Å². The number of aryl methyl sites for hydroxylation is 2. The van der Waals surface area contributed by atoms with Crippen LogP contribution >= 0.6 is 0 Å². The maximum atomic E-state index is 4.56. The molecule has 2 N–H and O–H groups in total. The number of anilines is 2. The van der Waals surface area contributed by atoms with E-state index >= 15 is 0 Å². The minimum atomic E-state index is 0.823. The van der Waals surface area contributed by atoms with Gasteiger partial charge < -0.3 is 10.6 Å². The molecule has 6 heteroatoms. The van der Waals surface area contributed by atoms with Crippen LogP contribution in [0.3, 0.4) is 0 Å². The van der Waals surface area contributed by atoms with Crippen LogP contribution in [0.4, 0.5) is 11.6 Å². The van der Waals surface area contributed by atoms with Gasteiger partial charge in [-0.2, -0.15) is 5.10 Å². The summed E-state index contributed by atoms with van der Waals surface area (Å²) >= 11 is 0. The van der Waals surface area contributed by atoms with Crippen LogP contribution in [0, 0.1) is 6.92 Å². The highest BCUT2D eigenvalue weighted by Crippen LogP contribution is 2.19. The topological polar surface area (TPSA) is 67.7 Å². The average molecular weight is 274 g/mol. The largest absolute Gasteiger partial charge is 0.373 e. The standard InChI is InChI=1S/C14H22N6/c1-5-12-18-13(15-3)10(2)14(19-12)16-8-6-11-7-9-17-20(11)4/h7,9H,5-6,8H2,1-4H3,(H2,15,16,18,19). The van der Waals surface area contributed by atoms with Crippen LogP contribution < -0.4 is 10.6 Å². The summed E-state index contributed by atoms with van der Waals surface area (Å²) in [4.78, 5) is 9.02. The molecule has 0 saturated heterocycles. The van der Waals surface area contributed by atoms with Gasteiger partial charge in [0.15, 0.2) is 0 Å². The quantitative estimate of drug-likeness (QED) is 0.840. The van der Waals surface area contributed by atoms with E-state index in [-0.39, 0.29) is 0 Å². The Morgan fingerprint density at radius 2 is 2.00 bits per heavy atom. The van der Waals surface area contributed by atoms with Crippen LogP contribution in [-0.2, 0) is 19.9 Å². The van der Waals surface area contributed by atoms with Crippen LogP contribution in [0.1, 0.15) is 24.0 Å². The van der Waals surface area contributed by atoms with Gasteiger partial charge in [-0.05, 0) is 13.0 Å². The molecule has 0 bridgehead atoms. The predicted octanol–water partition coefficient (Wildman–Crippen LogP) is 1.78. The zero-order valence-corrected chi connectivity index (χ0v) is 12.6. The van der Waals surface area contributed by atoms with Crippen LogP contribution in [0.15, 0.2) is 12.3 Å². The zero-order valence-electron chi connectivity index (χ0n) is 12.6. The molecule has 6 nitrogen and oxygen atoms in total. The Morgan fingerprint density at radius 3 is 2.60 bits per heavy atom. The first-order valence-electron chi connectivity index (χ1n) is 6.91. The van der Waals surface area contributed by atoms with Gasteiger partial charge in [-0.25, -0.2) is 9.97 Å². The monoisotopic (exact) mass is 274 g/mol. The summed E-state index contributed by atoms with van der Waals surface area (Å²) < 4.78 is 1.89. The van der Waals surface area contributed by atoms with Gasteiger partial charge in [0.2, 0.25) is 0 Å². The van der Waals surface area contributed by atoms with Gasteiger partial charge in [-0.15, -0.1) is 0 Å². The fourth-order valence-corrected chi connectivity index (χ4v) is 2.09. The molecule has 2 aromatic rings. The molecule has 20 heavy (non-hydrogen) atoms. The summed E-state index contributed by atoms with van der Waals surface area (Å²) in [7, 11) is 3.84. The van der Waals surface area contributed by atoms with Crippen molar-refractivity contribution < 1.29 is 0 Å². The molecule has 0 aliphatic heterocycles. The molecule has 0 aliphatic rings. The lowest BCUT2D eigenvalue weighted by Gasteiger charge is -2.13. The summed E-state index contributed by atoms with van der Waals surface area (Å²) in [5, 5.41) is 10.7. The molecular formula is C14H22N6. The van der Waals surface area contributed by atoms with Gasteiger partial charge in [0.1, 0.15) is 17.5 Å². The third-order valence-corrected chi connectivity index (χ3v) is 3.34. The van der Waals surface area contributed by atoms with E-state index in [4.69, 9.17) is 0 Å². The molecule has 0 atom stereocenters. The fourth-order valence-electron chi connectivity index (χ4n) is 2.09.